The molecule has 1 aliphatic heterocycles. The lowest BCUT2D eigenvalue weighted by Gasteiger charge is -2.22. The van der Waals surface area contributed by atoms with Crippen molar-refractivity contribution in [2.24, 2.45) is 0 Å². The van der Waals surface area contributed by atoms with Gasteiger partial charge >= 0.3 is 0 Å². The van der Waals surface area contributed by atoms with Crippen molar-refractivity contribution in [2.75, 3.05) is 18.4 Å². The summed E-state index contributed by atoms with van der Waals surface area (Å²) in [5, 5.41) is 20.7. The lowest BCUT2D eigenvalue weighted by molar-refractivity contribution is 0.102. The van der Waals surface area contributed by atoms with Crippen LogP contribution in [0.4, 0.5) is 5.69 Å². The molecule has 0 bridgehead atoms. The van der Waals surface area contributed by atoms with Crippen LogP contribution in [-0.4, -0.2) is 33.9 Å². The van der Waals surface area contributed by atoms with Gasteiger partial charge in [0.05, 0.1) is 11.7 Å². The number of aromatic hydroxyl groups is 1. The molecule has 1 fully saturated rings. The molecule has 1 saturated heterocycles. The van der Waals surface area contributed by atoms with E-state index in [4.69, 9.17) is 0 Å². The zero-order valence-corrected chi connectivity index (χ0v) is 16.9. The summed E-state index contributed by atoms with van der Waals surface area (Å²) in [4.78, 5) is 12.6. The number of aromatic nitrogens is 2. The van der Waals surface area contributed by atoms with Crippen molar-refractivity contribution in [3.63, 3.8) is 0 Å². The van der Waals surface area contributed by atoms with Crippen molar-refractivity contribution in [2.45, 2.75) is 25.3 Å². The highest BCUT2D eigenvalue weighted by Crippen LogP contribution is 2.26. The number of benzene rings is 2. The Hall–Kier alpha value is -2.83. The van der Waals surface area contributed by atoms with Gasteiger partial charge in [-0.15, -0.1) is 12.4 Å². The van der Waals surface area contributed by atoms with Crippen molar-refractivity contribution in [3.8, 4) is 5.75 Å². The zero-order valence-electron chi connectivity index (χ0n) is 16.0. The molecule has 152 valence electrons. The van der Waals surface area contributed by atoms with Crippen LogP contribution in [0.5, 0.6) is 5.75 Å². The van der Waals surface area contributed by atoms with Crippen molar-refractivity contribution in [1.82, 2.24) is 15.1 Å². The number of anilines is 1. The number of carbonyl (C=O) groups excluding carboxylic acids is 1. The zero-order chi connectivity index (χ0) is 19.3. The van der Waals surface area contributed by atoms with Gasteiger partial charge in [-0.1, -0.05) is 36.4 Å². The Morgan fingerprint density at radius 2 is 2.00 bits per heavy atom. The Morgan fingerprint density at radius 1 is 1.17 bits per heavy atom. The summed E-state index contributed by atoms with van der Waals surface area (Å²) in [6.07, 6.45) is 4.73. The number of rotatable bonds is 5. The summed E-state index contributed by atoms with van der Waals surface area (Å²) in [6.45, 7) is 1.90. The Bertz CT molecular complexity index is 952. The molecular weight excluding hydrogens is 388 g/mol. The molecule has 6 nitrogen and oxygen atoms in total. The molecule has 2 aromatic carbocycles. The fourth-order valence-electron chi connectivity index (χ4n) is 3.53. The van der Waals surface area contributed by atoms with E-state index in [9.17, 15) is 9.90 Å². The van der Waals surface area contributed by atoms with Crippen LogP contribution >= 0.6 is 12.4 Å². The number of piperidine rings is 1. The van der Waals surface area contributed by atoms with Gasteiger partial charge in [0.1, 0.15) is 5.75 Å². The molecule has 3 N–H and O–H groups in total. The second kappa shape index (κ2) is 9.58. The van der Waals surface area contributed by atoms with Crippen LogP contribution in [0.25, 0.3) is 0 Å². The van der Waals surface area contributed by atoms with Crippen LogP contribution in [0.1, 0.15) is 40.5 Å². The predicted octanol–water partition coefficient (Wildman–Crippen LogP) is 3.78. The van der Waals surface area contributed by atoms with Crippen LogP contribution in [0.15, 0.2) is 60.8 Å². The highest BCUT2D eigenvalue weighted by molar-refractivity contribution is 6.03. The smallest absolute Gasteiger partial charge is 0.276 e. The Morgan fingerprint density at radius 3 is 2.76 bits per heavy atom. The number of nitrogens with one attached hydrogen (secondary N) is 2. The van der Waals surface area contributed by atoms with Crippen LogP contribution in [0.3, 0.4) is 0 Å². The van der Waals surface area contributed by atoms with E-state index in [2.05, 4.69) is 27.9 Å². The van der Waals surface area contributed by atoms with E-state index in [1.54, 1.807) is 12.1 Å². The highest BCUT2D eigenvalue weighted by Gasteiger charge is 2.18. The first-order valence-electron chi connectivity index (χ1n) is 9.62. The van der Waals surface area contributed by atoms with Crippen molar-refractivity contribution >= 4 is 24.0 Å². The lowest BCUT2D eigenvalue weighted by Crippen LogP contribution is -2.32. The van der Waals surface area contributed by atoms with E-state index in [0.717, 1.165) is 37.9 Å². The fourth-order valence-corrected chi connectivity index (χ4v) is 3.53. The number of nitrogens with zero attached hydrogens (tertiary/aromatic N) is 2. The van der Waals surface area contributed by atoms with Gasteiger partial charge < -0.3 is 15.7 Å². The standard InChI is InChI=1S/C22H24N4O2.ClH/c27-21-9-8-17(13-16-5-2-1-3-6-16)14-20(21)24-22(28)19-10-12-26(25-19)18-7-4-11-23-15-18;/h1-3,5-6,8-10,12,14,18,23,27H,4,7,11,13,15H2,(H,24,28);1H. The molecule has 1 unspecified atom stereocenters. The minimum Gasteiger partial charge on any atom is -0.506 e. The van der Waals surface area contributed by atoms with Gasteiger partial charge in [-0.2, -0.15) is 5.10 Å². The highest BCUT2D eigenvalue weighted by atomic mass is 35.5. The monoisotopic (exact) mass is 412 g/mol. The molecule has 0 saturated carbocycles. The Labute approximate surface area is 176 Å². The normalized spacial score (nSPS) is 16.1. The summed E-state index contributed by atoms with van der Waals surface area (Å²) in [6, 6.07) is 17.4. The van der Waals surface area contributed by atoms with Gasteiger partial charge in [-0.3, -0.25) is 9.48 Å². The SMILES string of the molecule is Cl.O=C(Nc1cc(Cc2ccccc2)ccc1O)c1ccn(C2CCCNC2)n1. The van der Waals surface area contributed by atoms with E-state index < -0.39 is 0 Å². The first-order valence-corrected chi connectivity index (χ1v) is 9.62. The Kier molecular flexibility index (Phi) is 6.90. The molecule has 3 aromatic rings. The number of carbonyl (C=O) groups is 1. The molecular formula is C22H25ClN4O2. The van der Waals surface area contributed by atoms with Crippen LogP contribution < -0.4 is 10.6 Å². The minimum atomic E-state index is -0.324. The van der Waals surface area contributed by atoms with E-state index >= 15 is 0 Å². The van der Waals surface area contributed by atoms with Gasteiger partial charge in [-0.25, -0.2) is 0 Å². The molecule has 1 aliphatic rings. The number of hydrogen-bond donors (Lipinski definition) is 3. The van der Waals surface area contributed by atoms with Crippen LogP contribution in [-0.2, 0) is 6.42 Å². The van der Waals surface area contributed by atoms with Crippen molar-refractivity contribution < 1.29 is 9.90 Å². The van der Waals surface area contributed by atoms with Gasteiger partial charge in [-0.05, 0) is 55.1 Å². The maximum absolute atomic E-state index is 12.6. The summed E-state index contributed by atoms with van der Waals surface area (Å²) in [5.41, 5.74) is 2.93. The largest absolute Gasteiger partial charge is 0.506 e. The summed E-state index contributed by atoms with van der Waals surface area (Å²) in [7, 11) is 0. The molecule has 29 heavy (non-hydrogen) atoms. The maximum atomic E-state index is 12.6. The third kappa shape index (κ3) is 5.16. The molecule has 0 radical (unpaired) electrons. The fraction of sp³-hybridized carbons (Fsp3) is 0.273. The average Bonchev–Trinajstić information content (AvgIpc) is 3.22. The van der Waals surface area contributed by atoms with E-state index in [-0.39, 0.29) is 30.1 Å². The van der Waals surface area contributed by atoms with Gasteiger partial charge in [0.15, 0.2) is 5.69 Å². The first kappa shape index (κ1) is 20.9. The average molecular weight is 413 g/mol. The summed E-state index contributed by atoms with van der Waals surface area (Å²) >= 11 is 0. The molecule has 2 heterocycles. The van der Waals surface area contributed by atoms with E-state index in [0.29, 0.717) is 11.4 Å². The molecule has 0 aliphatic carbocycles. The minimum absolute atomic E-state index is 0. The van der Waals surface area contributed by atoms with Crippen molar-refractivity contribution in [3.05, 3.63) is 77.6 Å². The van der Waals surface area contributed by atoms with E-state index in [1.165, 1.54) is 5.56 Å². The third-order valence-electron chi connectivity index (χ3n) is 5.05. The number of phenolic OH excluding ortho intramolecular Hbond substituents is 1. The maximum Gasteiger partial charge on any atom is 0.276 e. The first-order chi connectivity index (χ1) is 13.7. The number of amides is 1. The lowest BCUT2D eigenvalue weighted by atomic mass is 10.0. The molecule has 0 spiro atoms. The predicted molar refractivity (Wildman–Crippen MR) is 116 cm³/mol. The number of phenols is 1. The molecule has 4 rings (SSSR count). The van der Waals surface area contributed by atoms with Gasteiger partial charge in [0.25, 0.3) is 5.91 Å². The molecule has 1 amide bonds. The second-order valence-corrected chi connectivity index (χ2v) is 7.15. The summed E-state index contributed by atoms with van der Waals surface area (Å²) < 4.78 is 1.85. The van der Waals surface area contributed by atoms with Gasteiger partial charge in [0, 0.05) is 12.7 Å². The quantitative estimate of drug-likeness (QED) is 0.557. The molecule has 1 aromatic heterocycles. The van der Waals surface area contributed by atoms with E-state index in [1.807, 2.05) is 41.2 Å². The third-order valence-corrected chi connectivity index (χ3v) is 5.05. The topological polar surface area (TPSA) is 79.2 Å². The van der Waals surface area contributed by atoms with Crippen LogP contribution in [0.2, 0.25) is 0 Å². The Balaban J connectivity index is 0.00000240. The van der Waals surface area contributed by atoms with Crippen LogP contribution in [0, 0.1) is 0 Å². The second-order valence-electron chi connectivity index (χ2n) is 7.15. The molecule has 1 atom stereocenters. The number of hydrogen-bond acceptors (Lipinski definition) is 4. The molecule has 7 heteroatoms. The van der Waals surface area contributed by atoms with Crippen molar-refractivity contribution in [1.29, 1.82) is 0 Å². The number of halogens is 1. The summed E-state index contributed by atoms with van der Waals surface area (Å²) in [5.74, 6) is -0.282. The van der Waals surface area contributed by atoms with Gasteiger partial charge in [0.2, 0.25) is 0 Å².